The molecule has 6 nitrogen and oxygen atoms in total. The van der Waals surface area contributed by atoms with Crippen molar-refractivity contribution in [2.45, 2.75) is 28.6 Å². The number of nitrogens with one attached hydrogen (secondary N) is 2. The predicted molar refractivity (Wildman–Crippen MR) is 109 cm³/mol. The summed E-state index contributed by atoms with van der Waals surface area (Å²) in [7, 11) is -3.77. The maximum absolute atomic E-state index is 13.2. The van der Waals surface area contributed by atoms with Crippen LogP contribution in [0.15, 0.2) is 39.9 Å². The van der Waals surface area contributed by atoms with Crippen molar-refractivity contribution in [3.63, 3.8) is 0 Å². The molecular formula is C19H18F6N2O4S2. The van der Waals surface area contributed by atoms with Gasteiger partial charge in [0.1, 0.15) is 4.21 Å². The Balaban J connectivity index is 2.29. The molecule has 1 aromatic carbocycles. The number of anilines is 1. The summed E-state index contributed by atoms with van der Waals surface area (Å²) in [6.45, 7) is -0.628. The Morgan fingerprint density at radius 2 is 1.70 bits per heavy atom. The standard InChI is InChI=1S/C19H18F6N2O4S2/c20-18(21,22)17(29,19(23,24)25)14-6-7-15(13(12-14)4-1-2-10-28)26-8-9-27-33(30,31)16-5-3-11-32-16/h3,5-7,11-12,26-29H,2,8-10H2. The van der Waals surface area contributed by atoms with Gasteiger partial charge in [0.25, 0.3) is 5.60 Å². The molecule has 0 aliphatic carbocycles. The van der Waals surface area contributed by atoms with Crippen molar-refractivity contribution >= 4 is 27.0 Å². The van der Waals surface area contributed by atoms with E-state index in [1.165, 1.54) is 6.07 Å². The molecule has 0 bridgehead atoms. The maximum Gasteiger partial charge on any atom is 0.430 e. The summed E-state index contributed by atoms with van der Waals surface area (Å²) in [6.07, 6.45) is -12.2. The second kappa shape index (κ2) is 10.3. The van der Waals surface area contributed by atoms with Crippen LogP contribution in [0.1, 0.15) is 17.5 Å². The van der Waals surface area contributed by atoms with E-state index < -0.39 is 40.1 Å². The summed E-state index contributed by atoms with van der Waals surface area (Å²) in [5.41, 5.74) is -6.91. The smallest absolute Gasteiger partial charge is 0.395 e. The van der Waals surface area contributed by atoms with Crippen LogP contribution < -0.4 is 10.0 Å². The second-order valence-corrected chi connectivity index (χ2v) is 9.44. The molecule has 0 unspecified atom stereocenters. The van der Waals surface area contributed by atoms with Crippen molar-refractivity contribution in [2.24, 2.45) is 0 Å². The monoisotopic (exact) mass is 516 g/mol. The fraction of sp³-hybridized carbons (Fsp3) is 0.368. The highest BCUT2D eigenvalue weighted by Crippen LogP contribution is 2.50. The quantitative estimate of drug-likeness (QED) is 0.246. The molecule has 0 saturated heterocycles. The van der Waals surface area contributed by atoms with E-state index in [0.29, 0.717) is 12.1 Å². The van der Waals surface area contributed by atoms with Gasteiger partial charge in [-0.15, -0.1) is 11.3 Å². The molecule has 4 N–H and O–H groups in total. The first kappa shape index (κ1) is 26.9. The molecule has 0 aliphatic heterocycles. The number of hydrogen-bond acceptors (Lipinski definition) is 6. The summed E-state index contributed by atoms with van der Waals surface area (Å²) in [6, 6.07) is 4.70. The molecule has 0 aliphatic rings. The number of hydrogen-bond donors (Lipinski definition) is 4. The molecule has 0 saturated carbocycles. The number of alkyl halides is 6. The minimum atomic E-state index is -6.06. The number of thiophene rings is 1. The number of benzene rings is 1. The first-order valence-electron chi connectivity index (χ1n) is 9.11. The van der Waals surface area contributed by atoms with Crippen LogP contribution in [-0.2, 0) is 15.6 Å². The van der Waals surface area contributed by atoms with Crippen LogP contribution in [0.5, 0.6) is 0 Å². The summed E-state index contributed by atoms with van der Waals surface area (Å²) >= 11 is 0.989. The fourth-order valence-electron chi connectivity index (χ4n) is 2.60. The lowest BCUT2D eigenvalue weighted by Crippen LogP contribution is -2.53. The first-order valence-corrected chi connectivity index (χ1v) is 11.5. The van der Waals surface area contributed by atoms with Crippen LogP contribution in [0.4, 0.5) is 32.0 Å². The third-order valence-electron chi connectivity index (χ3n) is 4.21. The van der Waals surface area contributed by atoms with Gasteiger partial charge in [0.15, 0.2) is 0 Å². The van der Waals surface area contributed by atoms with Crippen molar-refractivity contribution in [3.8, 4) is 11.8 Å². The Bertz CT molecular complexity index is 1090. The Hall–Kier alpha value is -2.31. The zero-order valence-electron chi connectivity index (χ0n) is 16.6. The van der Waals surface area contributed by atoms with Crippen LogP contribution in [0.3, 0.4) is 0 Å². The first-order chi connectivity index (χ1) is 15.2. The van der Waals surface area contributed by atoms with E-state index in [9.17, 15) is 39.9 Å². The largest absolute Gasteiger partial charge is 0.430 e. The van der Waals surface area contributed by atoms with E-state index in [1.807, 2.05) is 0 Å². The molecule has 0 fully saturated rings. The molecule has 0 radical (unpaired) electrons. The fourth-order valence-corrected chi connectivity index (χ4v) is 4.67. The van der Waals surface area contributed by atoms with Gasteiger partial charge < -0.3 is 15.5 Å². The van der Waals surface area contributed by atoms with Crippen LogP contribution in [0, 0.1) is 11.8 Å². The predicted octanol–water partition coefficient (Wildman–Crippen LogP) is 3.18. The van der Waals surface area contributed by atoms with Crippen molar-refractivity contribution in [1.82, 2.24) is 4.72 Å². The number of aliphatic hydroxyl groups is 2. The third-order valence-corrected chi connectivity index (χ3v) is 7.07. The number of sulfonamides is 1. The van der Waals surface area contributed by atoms with Crippen LogP contribution in [0.2, 0.25) is 0 Å². The van der Waals surface area contributed by atoms with E-state index in [2.05, 4.69) is 21.9 Å². The van der Waals surface area contributed by atoms with Crippen LogP contribution in [0.25, 0.3) is 0 Å². The Morgan fingerprint density at radius 1 is 1.03 bits per heavy atom. The van der Waals surface area contributed by atoms with Gasteiger partial charge >= 0.3 is 12.4 Å². The summed E-state index contributed by atoms with van der Waals surface area (Å²) in [4.78, 5) is 0. The zero-order valence-corrected chi connectivity index (χ0v) is 18.2. The van der Waals surface area contributed by atoms with Gasteiger partial charge in [-0.25, -0.2) is 13.1 Å². The number of rotatable bonds is 8. The van der Waals surface area contributed by atoms with E-state index in [-0.39, 0.29) is 35.0 Å². The number of aliphatic hydroxyl groups excluding tert-OH is 1. The molecule has 2 aromatic rings. The topological polar surface area (TPSA) is 98.7 Å². The highest BCUT2D eigenvalue weighted by Gasteiger charge is 2.71. The van der Waals surface area contributed by atoms with E-state index in [1.54, 1.807) is 11.4 Å². The Kier molecular flexibility index (Phi) is 8.41. The lowest BCUT2D eigenvalue weighted by atomic mass is 9.90. The highest BCUT2D eigenvalue weighted by molar-refractivity contribution is 7.91. The van der Waals surface area contributed by atoms with Gasteiger partial charge in [0, 0.05) is 36.3 Å². The minimum Gasteiger partial charge on any atom is -0.395 e. The zero-order chi connectivity index (χ0) is 24.9. The molecule has 182 valence electrons. The molecule has 1 aromatic heterocycles. The Labute approximate surface area is 189 Å². The minimum absolute atomic E-state index is 0.00575. The lowest BCUT2D eigenvalue weighted by molar-refractivity contribution is -0.376. The molecule has 0 spiro atoms. The Morgan fingerprint density at radius 3 is 2.24 bits per heavy atom. The average molecular weight is 516 g/mol. The van der Waals surface area contributed by atoms with E-state index in [0.717, 1.165) is 17.4 Å². The number of halogens is 6. The average Bonchev–Trinajstić information content (AvgIpc) is 3.25. The van der Waals surface area contributed by atoms with Crippen molar-refractivity contribution in [2.75, 3.05) is 25.0 Å². The van der Waals surface area contributed by atoms with Gasteiger partial charge in [0.05, 0.1) is 6.61 Å². The van der Waals surface area contributed by atoms with Gasteiger partial charge in [-0.3, -0.25) is 0 Å². The SMILES string of the molecule is O=S(=O)(NCCNc1ccc(C(O)(C(F)(F)F)C(F)(F)F)cc1C#CCCO)c1cccs1. The molecular weight excluding hydrogens is 498 g/mol. The summed E-state index contributed by atoms with van der Waals surface area (Å²) in [5, 5.41) is 22.7. The highest BCUT2D eigenvalue weighted by atomic mass is 32.2. The molecule has 33 heavy (non-hydrogen) atoms. The van der Waals surface area contributed by atoms with Gasteiger partial charge in [-0.05, 0) is 23.6 Å². The summed E-state index contributed by atoms with van der Waals surface area (Å²) in [5.74, 6) is 4.74. The van der Waals surface area contributed by atoms with Gasteiger partial charge in [-0.2, -0.15) is 26.3 Å². The summed E-state index contributed by atoms with van der Waals surface area (Å²) < 4.78 is 106. The van der Waals surface area contributed by atoms with E-state index >= 15 is 0 Å². The maximum atomic E-state index is 13.2. The molecule has 0 amide bonds. The van der Waals surface area contributed by atoms with Crippen molar-refractivity contribution in [3.05, 3.63) is 46.8 Å². The van der Waals surface area contributed by atoms with Gasteiger partial charge in [0.2, 0.25) is 10.0 Å². The van der Waals surface area contributed by atoms with Crippen LogP contribution in [-0.4, -0.2) is 50.7 Å². The molecule has 14 heteroatoms. The third kappa shape index (κ3) is 6.18. The van der Waals surface area contributed by atoms with Crippen LogP contribution >= 0.6 is 11.3 Å². The van der Waals surface area contributed by atoms with Gasteiger partial charge in [-0.1, -0.05) is 24.0 Å². The molecule has 0 atom stereocenters. The normalized spacial score (nSPS) is 12.8. The molecule has 2 rings (SSSR count). The van der Waals surface area contributed by atoms with E-state index in [4.69, 9.17) is 5.11 Å². The second-order valence-electron chi connectivity index (χ2n) is 6.50. The lowest BCUT2D eigenvalue weighted by Gasteiger charge is -2.33. The van der Waals surface area contributed by atoms with Crippen molar-refractivity contribution < 1.29 is 45.0 Å². The van der Waals surface area contributed by atoms with Crippen molar-refractivity contribution in [1.29, 1.82) is 0 Å². The molecule has 1 heterocycles.